The first-order valence-electron chi connectivity index (χ1n) is 5.56. The second-order valence-electron chi connectivity index (χ2n) is 4.07. The highest BCUT2D eigenvalue weighted by Crippen LogP contribution is 2.27. The molecule has 0 unspecified atom stereocenters. The van der Waals surface area contributed by atoms with Gasteiger partial charge in [0.15, 0.2) is 0 Å². The van der Waals surface area contributed by atoms with Crippen LogP contribution in [0.25, 0.3) is 0 Å². The van der Waals surface area contributed by atoms with Gasteiger partial charge in [-0.25, -0.2) is 8.42 Å². The molecule has 0 aliphatic heterocycles. The summed E-state index contributed by atoms with van der Waals surface area (Å²) in [5.74, 6) is -0.297. The van der Waals surface area contributed by atoms with E-state index >= 15 is 0 Å². The van der Waals surface area contributed by atoms with Crippen LogP contribution in [-0.4, -0.2) is 8.42 Å². The van der Waals surface area contributed by atoms with Gasteiger partial charge in [-0.3, -0.25) is 4.72 Å². The molecule has 3 nitrogen and oxygen atoms in total. The Kier molecular flexibility index (Phi) is 4.81. The number of anilines is 1. The number of hydrogen-bond acceptors (Lipinski definition) is 2. The number of sulfonamides is 1. The minimum Gasteiger partial charge on any atom is -0.283 e. The lowest BCUT2D eigenvalue weighted by molar-refractivity contribution is 0.600. The van der Waals surface area contributed by atoms with Crippen molar-refractivity contribution in [3.05, 3.63) is 63.1 Å². The molecule has 0 aliphatic rings. The Hall–Kier alpha value is -0.940. The lowest BCUT2D eigenvalue weighted by atomic mass is 10.2. The highest BCUT2D eigenvalue weighted by atomic mass is 35.5. The van der Waals surface area contributed by atoms with Crippen molar-refractivity contribution < 1.29 is 8.42 Å². The first-order chi connectivity index (χ1) is 9.37. The predicted molar refractivity (Wildman–Crippen MR) is 84.2 cm³/mol. The molecule has 0 atom stereocenters. The van der Waals surface area contributed by atoms with Crippen LogP contribution in [0, 0.1) is 0 Å². The maximum absolute atomic E-state index is 12.1. The van der Waals surface area contributed by atoms with Crippen molar-refractivity contribution in [2.45, 2.75) is 5.75 Å². The second-order valence-corrected chi connectivity index (χ2v) is 7.04. The molecular weight excluding hydrogens is 341 g/mol. The van der Waals surface area contributed by atoms with Crippen LogP contribution < -0.4 is 4.72 Å². The molecule has 2 aromatic rings. The van der Waals surface area contributed by atoms with E-state index in [0.29, 0.717) is 26.3 Å². The number of rotatable bonds is 4. The minimum atomic E-state index is -3.61. The van der Waals surface area contributed by atoms with Crippen LogP contribution in [0.15, 0.2) is 42.5 Å². The fraction of sp³-hybridized carbons (Fsp3) is 0.0769. The van der Waals surface area contributed by atoms with Gasteiger partial charge in [0.1, 0.15) is 0 Å². The molecular formula is C13H10Cl3NO2S. The summed E-state index contributed by atoms with van der Waals surface area (Å²) in [5.41, 5.74) is 0.801. The van der Waals surface area contributed by atoms with Gasteiger partial charge in [0, 0.05) is 26.3 Å². The summed E-state index contributed by atoms with van der Waals surface area (Å²) in [7, 11) is -3.61. The summed E-state index contributed by atoms with van der Waals surface area (Å²) in [4.78, 5) is 0. The number of hydrogen-bond donors (Lipinski definition) is 1. The van der Waals surface area contributed by atoms with Crippen molar-refractivity contribution >= 4 is 50.5 Å². The second kappa shape index (κ2) is 6.22. The molecule has 0 radical (unpaired) electrons. The van der Waals surface area contributed by atoms with Crippen molar-refractivity contribution in [3.8, 4) is 0 Å². The minimum absolute atomic E-state index is 0.297. The Labute approximate surface area is 132 Å². The molecule has 7 heteroatoms. The maximum atomic E-state index is 12.1. The van der Waals surface area contributed by atoms with Gasteiger partial charge in [0.25, 0.3) is 0 Å². The zero-order valence-electron chi connectivity index (χ0n) is 10.1. The summed E-state index contributed by atoms with van der Waals surface area (Å²) in [5, 5.41) is 1.17. The number of benzene rings is 2. The third kappa shape index (κ3) is 4.03. The van der Waals surface area contributed by atoms with Crippen molar-refractivity contribution in [1.82, 2.24) is 0 Å². The van der Waals surface area contributed by atoms with Gasteiger partial charge >= 0.3 is 0 Å². The van der Waals surface area contributed by atoms with Crippen LogP contribution in [0.4, 0.5) is 5.69 Å². The third-order valence-electron chi connectivity index (χ3n) is 2.51. The molecule has 0 saturated heterocycles. The largest absolute Gasteiger partial charge is 0.283 e. The van der Waals surface area contributed by atoms with Crippen molar-refractivity contribution in [2.24, 2.45) is 0 Å². The molecule has 0 saturated carbocycles. The molecule has 106 valence electrons. The summed E-state index contributed by atoms with van der Waals surface area (Å²) in [6.07, 6.45) is 0. The molecule has 0 fully saturated rings. The van der Waals surface area contributed by atoms with Crippen LogP contribution in [0.5, 0.6) is 0 Å². The Morgan fingerprint density at radius 1 is 0.900 bits per heavy atom. The fourth-order valence-corrected chi connectivity index (χ4v) is 3.67. The first kappa shape index (κ1) is 15.4. The Bertz CT molecular complexity index is 695. The van der Waals surface area contributed by atoms with Crippen LogP contribution in [0.3, 0.4) is 0 Å². The smallest absolute Gasteiger partial charge is 0.237 e. The summed E-state index contributed by atoms with van der Waals surface area (Å²) in [6.45, 7) is 0. The van der Waals surface area contributed by atoms with Crippen molar-refractivity contribution in [3.63, 3.8) is 0 Å². The number of nitrogens with one attached hydrogen (secondary N) is 1. The third-order valence-corrected chi connectivity index (χ3v) is 4.69. The van der Waals surface area contributed by atoms with Gasteiger partial charge in [-0.2, -0.15) is 0 Å². The van der Waals surface area contributed by atoms with Crippen LogP contribution >= 0.6 is 34.8 Å². The van der Waals surface area contributed by atoms with Gasteiger partial charge in [0.05, 0.1) is 5.75 Å². The molecule has 0 aromatic heterocycles. The van der Waals surface area contributed by atoms with E-state index in [1.54, 1.807) is 42.5 Å². The SMILES string of the molecule is O=S(=O)(Cc1c(Cl)cccc1Cl)Nc1ccc(Cl)cc1. The van der Waals surface area contributed by atoms with E-state index in [9.17, 15) is 8.42 Å². The van der Waals surface area contributed by atoms with E-state index in [1.807, 2.05) is 0 Å². The van der Waals surface area contributed by atoms with Crippen LogP contribution in [0.1, 0.15) is 5.56 Å². The summed E-state index contributed by atoms with van der Waals surface area (Å²) in [6, 6.07) is 11.2. The van der Waals surface area contributed by atoms with Crippen LogP contribution in [-0.2, 0) is 15.8 Å². The normalized spacial score (nSPS) is 11.3. The lowest BCUT2D eigenvalue weighted by Crippen LogP contribution is -2.15. The Balaban J connectivity index is 2.21. The molecule has 0 aliphatic carbocycles. The van der Waals surface area contributed by atoms with Gasteiger partial charge in [-0.05, 0) is 36.4 Å². The number of halogens is 3. The highest BCUT2D eigenvalue weighted by molar-refractivity contribution is 7.91. The van der Waals surface area contributed by atoms with E-state index < -0.39 is 10.0 Å². The molecule has 2 aromatic carbocycles. The quantitative estimate of drug-likeness (QED) is 0.876. The van der Waals surface area contributed by atoms with E-state index in [-0.39, 0.29) is 5.75 Å². The Morgan fingerprint density at radius 2 is 1.45 bits per heavy atom. The molecule has 0 bridgehead atoms. The van der Waals surface area contributed by atoms with E-state index in [0.717, 1.165) is 0 Å². The van der Waals surface area contributed by atoms with Gasteiger partial charge < -0.3 is 0 Å². The summed E-state index contributed by atoms with van der Waals surface area (Å²) >= 11 is 17.7. The Morgan fingerprint density at radius 3 is 2.00 bits per heavy atom. The zero-order valence-corrected chi connectivity index (χ0v) is 13.2. The monoisotopic (exact) mass is 349 g/mol. The molecule has 1 N–H and O–H groups in total. The molecule has 0 heterocycles. The predicted octanol–water partition coefficient (Wildman–Crippen LogP) is 4.59. The first-order valence-corrected chi connectivity index (χ1v) is 8.35. The van der Waals surface area contributed by atoms with Gasteiger partial charge in [-0.1, -0.05) is 40.9 Å². The van der Waals surface area contributed by atoms with Crippen molar-refractivity contribution in [1.29, 1.82) is 0 Å². The van der Waals surface area contributed by atoms with Crippen molar-refractivity contribution in [2.75, 3.05) is 4.72 Å². The fourth-order valence-electron chi connectivity index (χ4n) is 1.59. The zero-order chi connectivity index (χ0) is 14.8. The summed E-state index contributed by atoms with van der Waals surface area (Å²) < 4.78 is 26.6. The highest BCUT2D eigenvalue weighted by Gasteiger charge is 2.16. The average Bonchev–Trinajstić information content (AvgIpc) is 2.37. The van der Waals surface area contributed by atoms with E-state index in [1.165, 1.54) is 0 Å². The van der Waals surface area contributed by atoms with E-state index in [2.05, 4.69) is 4.72 Å². The molecule has 0 spiro atoms. The molecule has 20 heavy (non-hydrogen) atoms. The maximum Gasteiger partial charge on any atom is 0.237 e. The molecule has 0 amide bonds. The van der Waals surface area contributed by atoms with Gasteiger partial charge in [0.2, 0.25) is 10.0 Å². The van der Waals surface area contributed by atoms with Gasteiger partial charge in [-0.15, -0.1) is 0 Å². The molecule has 2 rings (SSSR count). The van der Waals surface area contributed by atoms with Crippen LogP contribution in [0.2, 0.25) is 15.1 Å². The average molecular weight is 351 g/mol. The lowest BCUT2D eigenvalue weighted by Gasteiger charge is -2.10. The standard InChI is InChI=1S/C13H10Cl3NO2S/c14-9-4-6-10(7-5-9)17-20(18,19)8-11-12(15)2-1-3-13(11)16/h1-7,17H,8H2. The topological polar surface area (TPSA) is 46.2 Å². The van der Waals surface area contributed by atoms with E-state index in [4.69, 9.17) is 34.8 Å².